The van der Waals surface area contributed by atoms with Gasteiger partial charge >= 0.3 is 0 Å². The quantitative estimate of drug-likeness (QED) is 0.925. The van der Waals surface area contributed by atoms with E-state index in [1.54, 1.807) is 6.07 Å². The maximum absolute atomic E-state index is 13.2. The molecule has 0 atom stereocenters. The second kappa shape index (κ2) is 5.63. The summed E-state index contributed by atoms with van der Waals surface area (Å²) in [5.74, 6) is 0.615. The molecule has 0 amide bonds. The lowest BCUT2D eigenvalue weighted by Crippen LogP contribution is -2.05. The van der Waals surface area contributed by atoms with E-state index in [2.05, 4.69) is 12.1 Å². The molecule has 0 aromatic heterocycles. The van der Waals surface area contributed by atoms with Crippen LogP contribution in [-0.2, 0) is 26.0 Å². The van der Waals surface area contributed by atoms with Crippen molar-refractivity contribution < 1.29 is 9.13 Å². The number of hydrogen-bond donors (Lipinski definition) is 1. The molecule has 3 heteroatoms. The lowest BCUT2D eigenvalue weighted by atomic mass is 10.1. The summed E-state index contributed by atoms with van der Waals surface area (Å²) >= 11 is 0. The zero-order chi connectivity index (χ0) is 13.9. The molecule has 0 heterocycles. The molecule has 0 radical (unpaired) electrons. The van der Waals surface area contributed by atoms with Crippen molar-refractivity contribution in [2.45, 2.75) is 32.4 Å². The van der Waals surface area contributed by atoms with Crippen molar-refractivity contribution in [3.63, 3.8) is 0 Å². The Hall–Kier alpha value is -1.87. The fourth-order valence-corrected chi connectivity index (χ4v) is 2.72. The van der Waals surface area contributed by atoms with E-state index < -0.39 is 0 Å². The number of aryl methyl sites for hydroxylation is 2. The summed E-state index contributed by atoms with van der Waals surface area (Å²) in [5.41, 5.74) is 10.2. The first-order chi connectivity index (χ1) is 9.76. The molecule has 0 bridgehead atoms. The van der Waals surface area contributed by atoms with Gasteiger partial charge in [0.1, 0.15) is 18.2 Å². The largest absolute Gasteiger partial charge is 0.489 e. The fourth-order valence-electron chi connectivity index (χ4n) is 2.72. The SMILES string of the molecule is NCc1cc(F)ccc1COc1ccc2c(c1)CCC2. The van der Waals surface area contributed by atoms with E-state index in [1.165, 1.54) is 36.1 Å². The normalized spacial score (nSPS) is 13.3. The van der Waals surface area contributed by atoms with Crippen molar-refractivity contribution in [1.29, 1.82) is 0 Å². The van der Waals surface area contributed by atoms with Gasteiger partial charge in [-0.15, -0.1) is 0 Å². The third-order valence-corrected chi connectivity index (χ3v) is 3.85. The van der Waals surface area contributed by atoms with Gasteiger partial charge < -0.3 is 10.5 Å². The Morgan fingerprint density at radius 3 is 2.70 bits per heavy atom. The summed E-state index contributed by atoms with van der Waals surface area (Å²) < 4.78 is 19.0. The van der Waals surface area contributed by atoms with Gasteiger partial charge in [0.25, 0.3) is 0 Å². The van der Waals surface area contributed by atoms with E-state index in [0.29, 0.717) is 13.2 Å². The highest BCUT2D eigenvalue weighted by Crippen LogP contribution is 2.26. The van der Waals surface area contributed by atoms with Gasteiger partial charge in [-0.25, -0.2) is 4.39 Å². The molecule has 0 fully saturated rings. The van der Waals surface area contributed by atoms with Crippen molar-refractivity contribution in [3.05, 3.63) is 64.5 Å². The first-order valence-corrected chi connectivity index (χ1v) is 6.98. The van der Waals surface area contributed by atoms with E-state index in [9.17, 15) is 4.39 Å². The minimum absolute atomic E-state index is 0.258. The fraction of sp³-hybridized carbons (Fsp3) is 0.294. The highest BCUT2D eigenvalue weighted by Gasteiger charge is 2.11. The molecular formula is C17H18FNO. The Labute approximate surface area is 118 Å². The molecule has 0 aliphatic heterocycles. The highest BCUT2D eigenvalue weighted by atomic mass is 19.1. The van der Waals surface area contributed by atoms with Gasteiger partial charge in [-0.2, -0.15) is 0 Å². The van der Waals surface area contributed by atoms with E-state index in [4.69, 9.17) is 10.5 Å². The molecule has 2 N–H and O–H groups in total. The van der Waals surface area contributed by atoms with Crippen LogP contribution in [0.5, 0.6) is 5.75 Å². The number of fused-ring (bicyclic) bond motifs is 1. The zero-order valence-electron chi connectivity index (χ0n) is 11.4. The molecule has 0 saturated carbocycles. The Morgan fingerprint density at radius 2 is 1.85 bits per heavy atom. The van der Waals surface area contributed by atoms with E-state index in [-0.39, 0.29) is 5.82 Å². The van der Waals surface area contributed by atoms with Gasteiger partial charge in [-0.1, -0.05) is 12.1 Å². The van der Waals surface area contributed by atoms with E-state index in [1.807, 2.05) is 6.07 Å². The van der Waals surface area contributed by atoms with Crippen LogP contribution in [0.1, 0.15) is 28.7 Å². The second-order valence-corrected chi connectivity index (χ2v) is 5.19. The smallest absolute Gasteiger partial charge is 0.123 e. The standard InChI is InChI=1S/C17H18FNO/c18-16-6-4-14(15(8-16)10-19)11-20-17-7-5-12-2-1-3-13(12)9-17/h4-9H,1-3,10-11,19H2. The molecule has 1 aliphatic rings. The Balaban J connectivity index is 1.73. The highest BCUT2D eigenvalue weighted by molar-refractivity contribution is 5.38. The number of nitrogens with two attached hydrogens (primary N) is 1. The van der Waals surface area contributed by atoms with Crippen molar-refractivity contribution in [1.82, 2.24) is 0 Å². The Kier molecular flexibility index (Phi) is 3.70. The predicted molar refractivity (Wildman–Crippen MR) is 77.1 cm³/mol. The molecule has 3 rings (SSSR count). The first-order valence-electron chi connectivity index (χ1n) is 6.98. The van der Waals surface area contributed by atoms with Crippen molar-refractivity contribution in [3.8, 4) is 5.75 Å². The van der Waals surface area contributed by atoms with Crippen LogP contribution in [0.15, 0.2) is 36.4 Å². The van der Waals surface area contributed by atoms with Crippen LogP contribution in [0.4, 0.5) is 4.39 Å². The minimum Gasteiger partial charge on any atom is -0.489 e. The molecule has 20 heavy (non-hydrogen) atoms. The van der Waals surface area contributed by atoms with Crippen LogP contribution in [-0.4, -0.2) is 0 Å². The second-order valence-electron chi connectivity index (χ2n) is 5.19. The summed E-state index contributed by atoms with van der Waals surface area (Å²) in [6.45, 7) is 0.742. The first kappa shape index (κ1) is 13.1. The third-order valence-electron chi connectivity index (χ3n) is 3.85. The maximum Gasteiger partial charge on any atom is 0.123 e. The summed E-state index contributed by atoms with van der Waals surface area (Å²) in [6.07, 6.45) is 3.54. The van der Waals surface area contributed by atoms with E-state index in [0.717, 1.165) is 23.3 Å². The van der Waals surface area contributed by atoms with Crippen LogP contribution in [0.2, 0.25) is 0 Å². The van der Waals surface area contributed by atoms with Crippen LogP contribution in [0.3, 0.4) is 0 Å². The van der Waals surface area contributed by atoms with Gasteiger partial charge in [0.15, 0.2) is 0 Å². The van der Waals surface area contributed by atoms with Gasteiger partial charge in [0, 0.05) is 6.54 Å². The maximum atomic E-state index is 13.2. The predicted octanol–water partition coefficient (Wildman–Crippen LogP) is 3.35. The monoisotopic (exact) mass is 271 g/mol. The molecule has 2 nitrogen and oxygen atoms in total. The number of benzene rings is 2. The van der Waals surface area contributed by atoms with Crippen LogP contribution >= 0.6 is 0 Å². The molecule has 0 saturated heterocycles. The summed E-state index contributed by atoms with van der Waals surface area (Å²) in [7, 11) is 0. The minimum atomic E-state index is -0.258. The average Bonchev–Trinajstić information content (AvgIpc) is 2.93. The van der Waals surface area contributed by atoms with Crippen molar-refractivity contribution in [2.75, 3.05) is 0 Å². The average molecular weight is 271 g/mol. The molecule has 2 aromatic rings. The van der Waals surface area contributed by atoms with Crippen LogP contribution in [0.25, 0.3) is 0 Å². The zero-order valence-corrected chi connectivity index (χ0v) is 11.4. The van der Waals surface area contributed by atoms with E-state index >= 15 is 0 Å². The number of ether oxygens (including phenoxy) is 1. The Morgan fingerprint density at radius 1 is 1.00 bits per heavy atom. The molecule has 0 spiro atoms. The number of hydrogen-bond acceptors (Lipinski definition) is 2. The van der Waals surface area contributed by atoms with Gasteiger partial charge in [0.05, 0.1) is 0 Å². The molecule has 0 unspecified atom stereocenters. The number of rotatable bonds is 4. The summed E-state index contributed by atoms with van der Waals surface area (Å²) in [6, 6.07) is 10.9. The molecular weight excluding hydrogens is 253 g/mol. The topological polar surface area (TPSA) is 35.2 Å². The number of halogens is 1. The van der Waals surface area contributed by atoms with Crippen molar-refractivity contribution >= 4 is 0 Å². The van der Waals surface area contributed by atoms with Crippen molar-refractivity contribution in [2.24, 2.45) is 5.73 Å². The molecule has 104 valence electrons. The lowest BCUT2D eigenvalue weighted by molar-refractivity contribution is 0.304. The lowest BCUT2D eigenvalue weighted by Gasteiger charge is -2.11. The third kappa shape index (κ3) is 2.68. The van der Waals surface area contributed by atoms with Gasteiger partial charge in [-0.3, -0.25) is 0 Å². The van der Waals surface area contributed by atoms with Crippen LogP contribution in [0, 0.1) is 5.82 Å². The molecule has 1 aliphatic carbocycles. The van der Waals surface area contributed by atoms with Gasteiger partial charge in [0.2, 0.25) is 0 Å². The molecule has 2 aromatic carbocycles. The summed E-state index contributed by atoms with van der Waals surface area (Å²) in [4.78, 5) is 0. The Bertz CT molecular complexity index is 624. The van der Waals surface area contributed by atoms with Gasteiger partial charge in [-0.05, 0) is 65.8 Å². The van der Waals surface area contributed by atoms with Crippen LogP contribution < -0.4 is 10.5 Å². The summed E-state index contributed by atoms with van der Waals surface area (Å²) in [5, 5.41) is 0.